The van der Waals surface area contributed by atoms with Gasteiger partial charge >= 0.3 is 0 Å². The van der Waals surface area contributed by atoms with Crippen LogP contribution in [0.4, 0.5) is 0 Å². The Kier molecular flexibility index (Phi) is 7.01. The average Bonchev–Trinajstić information content (AvgIpc) is 2.35. The van der Waals surface area contributed by atoms with E-state index >= 15 is 0 Å². The molecule has 0 bridgehead atoms. The number of nitrogens with one attached hydrogen (secondary N) is 1. The molecule has 1 fully saturated rings. The van der Waals surface area contributed by atoms with Crippen LogP contribution >= 0.6 is 0 Å². The van der Waals surface area contributed by atoms with Crippen molar-refractivity contribution < 1.29 is 4.74 Å². The Bertz CT molecular complexity index is 175. The highest BCUT2D eigenvalue weighted by atomic mass is 16.5. The number of hydrogen-bond donors (Lipinski definition) is 1. The molecule has 96 valence electrons. The molecule has 0 amide bonds. The molecule has 1 aliphatic rings. The van der Waals surface area contributed by atoms with Crippen LogP contribution in [0, 0.1) is 0 Å². The molecule has 0 aromatic rings. The third-order valence-corrected chi connectivity index (χ3v) is 3.54. The standard InChI is InChI=1S/C13H28N2O/c1-4-8-14-10-12(5-2)15-9-6-7-13(11-15)16-3/h12-14H,4-11H2,1-3H3. The highest BCUT2D eigenvalue weighted by molar-refractivity contribution is 4.80. The summed E-state index contributed by atoms with van der Waals surface area (Å²) in [5.41, 5.74) is 0. The zero-order chi connectivity index (χ0) is 11.8. The largest absolute Gasteiger partial charge is 0.380 e. The van der Waals surface area contributed by atoms with Crippen molar-refractivity contribution >= 4 is 0 Å². The molecular weight excluding hydrogens is 200 g/mol. The molecule has 1 N–H and O–H groups in total. The first-order valence-corrected chi connectivity index (χ1v) is 6.79. The Morgan fingerprint density at radius 1 is 1.44 bits per heavy atom. The van der Waals surface area contributed by atoms with Crippen molar-refractivity contribution in [2.24, 2.45) is 0 Å². The van der Waals surface area contributed by atoms with Crippen molar-refractivity contribution in [3.63, 3.8) is 0 Å². The summed E-state index contributed by atoms with van der Waals surface area (Å²) in [6, 6.07) is 0.685. The normalized spacial score (nSPS) is 24.6. The third kappa shape index (κ3) is 4.40. The molecule has 0 spiro atoms. The van der Waals surface area contributed by atoms with Gasteiger partial charge < -0.3 is 10.1 Å². The molecule has 0 aromatic heterocycles. The topological polar surface area (TPSA) is 24.5 Å². The number of rotatable bonds is 7. The lowest BCUT2D eigenvalue weighted by atomic mass is 10.0. The maximum absolute atomic E-state index is 5.48. The van der Waals surface area contributed by atoms with E-state index in [2.05, 4.69) is 24.1 Å². The number of piperidine rings is 1. The van der Waals surface area contributed by atoms with E-state index in [1.54, 1.807) is 0 Å². The molecule has 2 unspecified atom stereocenters. The fourth-order valence-corrected chi connectivity index (χ4v) is 2.47. The Balaban J connectivity index is 2.32. The van der Waals surface area contributed by atoms with E-state index in [0.29, 0.717) is 12.1 Å². The first kappa shape index (κ1) is 13.9. The quantitative estimate of drug-likeness (QED) is 0.673. The Morgan fingerprint density at radius 2 is 2.25 bits per heavy atom. The summed E-state index contributed by atoms with van der Waals surface area (Å²) in [5, 5.41) is 3.53. The van der Waals surface area contributed by atoms with Crippen molar-refractivity contribution in [2.75, 3.05) is 33.3 Å². The van der Waals surface area contributed by atoms with E-state index in [0.717, 1.165) is 19.6 Å². The molecule has 1 aliphatic heterocycles. The van der Waals surface area contributed by atoms with Crippen molar-refractivity contribution in [1.29, 1.82) is 0 Å². The van der Waals surface area contributed by atoms with Crippen LogP contribution in [0.3, 0.4) is 0 Å². The molecular formula is C13H28N2O. The lowest BCUT2D eigenvalue weighted by molar-refractivity contribution is 0.0139. The third-order valence-electron chi connectivity index (χ3n) is 3.54. The summed E-state index contributed by atoms with van der Waals surface area (Å²) in [5.74, 6) is 0. The molecule has 3 nitrogen and oxygen atoms in total. The van der Waals surface area contributed by atoms with Crippen LogP contribution in [0.5, 0.6) is 0 Å². The second-order valence-corrected chi connectivity index (χ2v) is 4.76. The van der Waals surface area contributed by atoms with Gasteiger partial charge in [-0.15, -0.1) is 0 Å². The fourth-order valence-electron chi connectivity index (χ4n) is 2.47. The number of likely N-dealkylation sites (tertiary alicyclic amines) is 1. The van der Waals surface area contributed by atoms with Crippen LogP contribution in [-0.4, -0.2) is 50.3 Å². The lowest BCUT2D eigenvalue weighted by Crippen LogP contribution is -2.48. The van der Waals surface area contributed by atoms with Gasteiger partial charge in [0.2, 0.25) is 0 Å². The predicted molar refractivity (Wildman–Crippen MR) is 68.8 cm³/mol. The zero-order valence-electron chi connectivity index (χ0n) is 11.2. The zero-order valence-corrected chi connectivity index (χ0v) is 11.2. The Labute approximate surface area is 101 Å². The minimum atomic E-state index is 0.453. The second-order valence-electron chi connectivity index (χ2n) is 4.76. The van der Waals surface area contributed by atoms with Crippen molar-refractivity contribution in [3.05, 3.63) is 0 Å². The molecule has 3 heteroatoms. The molecule has 1 saturated heterocycles. The van der Waals surface area contributed by atoms with E-state index in [9.17, 15) is 0 Å². The second kappa shape index (κ2) is 8.04. The minimum Gasteiger partial charge on any atom is -0.380 e. The fraction of sp³-hybridized carbons (Fsp3) is 1.00. The molecule has 0 aromatic carbocycles. The van der Waals surface area contributed by atoms with E-state index < -0.39 is 0 Å². The molecule has 0 radical (unpaired) electrons. The van der Waals surface area contributed by atoms with Gasteiger partial charge in [0.05, 0.1) is 6.10 Å². The summed E-state index contributed by atoms with van der Waals surface area (Å²) in [6.45, 7) is 9.12. The maximum Gasteiger partial charge on any atom is 0.0698 e. The van der Waals surface area contributed by atoms with E-state index in [4.69, 9.17) is 4.74 Å². The summed E-state index contributed by atoms with van der Waals surface area (Å²) in [4.78, 5) is 2.60. The van der Waals surface area contributed by atoms with Crippen molar-refractivity contribution in [2.45, 2.75) is 51.7 Å². The molecule has 16 heavy (non-hydrogen) atoms. The van der Waals surface area contributed by atoms with E-state index in [1.807, 2.05) is 7.11 Å². The van der Waals surface area contributed by atoms with Crippen molar-refractivity contribution in [1.82, 2.24) is 10.2 Å². The highest BCUT2D eigenvalue weighted by Gasteiger charge is 2.24. The molecule has 0 saturated carbocycles. The lowest BCUT2D eigenvalue weighted by Gasteiger charge is -2.37. The van der Waals surface area contributed by atoms with Crippen LogP contribution in [0.2, 0.25) is 0 Å². The molecule has 0 aliphatic carbocycles. The smallest absolute Gasteiger partial charge is 0.0698 e. The van der Waals surface area contributed by atoms with Crippen LogP contribution in [0.15, 0.2) is 0 Å². The van der Waals surface area contributed by atoms with Crippen LogP contribution in [-0.2, 0) is 4.74 Å². The van der Waals surface area contributed by atoms with Crippen molar-refractivity contribution in [3.8, 4) is 0 Å². The van der Waals surface area contributed by atoms with Crippen LogP contribution < -0.4 is 5.32 Å². The Hall–Kier alpha value is -0.120. The first-order chi connectivity index (χ1) is 7.81. The average molecular weight is 228 g/mol. The van der Waals surface area contributed by atoms with Gasteiger partial charge in [0.25, 0.3) is 0 Å². The van der Waals surface area contributed by atoms with E-state index in [-0.39, 0.29) is 0 Å². The maximum atomic E-state index is 5.48. The van der Waals surface area contributed by atoms with Gasteiger partial charge in [0.1, 0.15) is 0 Å². The SMILES string of the molecule is CCCNCC(CC)N1CCCC(OC)C1. The predicted octanol–water partition coefficient (Wildman–Crippen LogP) is 1.88. The molecule has 1 rings (SSSR count). The monoisotopic (exact) mass is 228 g/mol. The van der Waals surface area contributed by atoms with Crippen LogP contribution in [0.25, 0.3) is 0 Å². The number of methoxy groups -OCH3 is 1. The highest BCUT2D eigenvalue weighted by Crippen LogP contribution is 2.16. The van der Waals surface area contributed by atoms with Gasteiger partial charge in [-0.1, -0.05) is 13.8 Å². The number of ether oxygens (including phenoxy) is 1. The Morgan fingerprint density at radius 3 is 2.88 bits per heavy atom. The summed E-state index contributed by atoms with van der Waals surface area (Å²) >= 11 is 0. The summed E-state index contributed by atoms with van der Waals surface area (Å²) in [7, 11) is 1.84. The van der Waals surface area contributed by atoms with Gasteiger partial charge in [0, 0.05) is 26.2 Å². The number of hydrogen-bond acceptors (Lipinski definition) is 3. The first-order valence-electron chi connectivity index (χ1n) is 6.79. The van der Waals surface area contributed by atoms with Gasteiger partial charge in [-0.2, -0.15) is 0 Å². The van der Waals surface area contributed by atoms with Gasteiger partial charge in [0.15, 0.2) is 0 Å². The van der Waals surface area contributed by atoms with Crippen LogP contribution in [0.1, 0.15) is 39.5 Å². The minimum absolute atomic E-state index is 0.453. The molecule has 2 atom stereocenters. The summed E-state index contributed by atoms with van der Waals surface area (Å²) in [6.07, 6.45) is 5.41. The summed E-state index contributed by atoms with van der Waals surface area (Å²) < 4.78 is 5.48. The van der Waals surface area contributed by atoms with E-state index in [1.165, 1.54) is 32.2 Å². The number of nitrogens with zero attached hydrogens (tertiary/aromatic N) is 1. The molecule has 1 heterocycles. The van der Waals surface area contributed by atoms with Gasteiger partial charge in [-0.3, -0.25) is 4.90 Å². The van der Waals surface area contributed by atoms with Gasteiger partial charge in [-0.25, -0.2) is 0 Å². The van der Waals surface area contributed by atoms with Gasteiger partial charge in [-0.05, 0) is 38.8 Å².